The van der Waals surface area contributed by atoms with Crippen molar-refractivity contribution in [2.75, 3.05) is 4.43 Å². The lowest BCUT2D eigenvalue weighted by Gasteiger charge is -2.42. The summed E-state index contributed by atoms with van der Waals surface area (Å²) < 4.78 is 7.70. The maximum atomic E-state index is 13.0. The van der Waals surface area contributed by atoms with Gasteiger partial charge in [0.05, 0.1) is 6.10 Å². The van der Waals surface area contributed by atoms with Gasteiger partial charge in [0.1, 0.15) is 5.76 Å². The number of allylic oxidation sites excluding steroid dienone is 7. The highest BCUT2D eigenvalue weighted by Crippen LogP contribution is 2.46. The summed E-state index contributed by atoms with van der Waals surface area (Å²) >= 11 is 2.31. The van der Waals surface area contributed by atoms with Gasteiger partial charge in [-0.3, -0.25) is 4.79 Å². The molecule has 0 fully saturated rings. The molecule has 1 aliphatic carbocycles. The number of hydrogen-bond donors (Lipinski definition) is 1. The first kappa shape index (κ1) is 33.4. The van der Waals surface area contributed by atoms with Gasteiger partial charge in [0.15, 0.2) is 5.78 Å². The van der Waals surface area contributed by atoms with Crippen LogP contribution in [0.15, 0.2) is 46.8 Å². The molecule has 36 heavy (non-hydrogen) atoms. The first-order valence-electron chi connectivity index (χ1n) is 13.9. The molecule has 5 heteroatoms. The number of aliphatic hydroxyl groups is 1. The molecule has 1 rings (SSSR count). The standard InChI is InChI=1S/C31H53IO3Si/c1-22(2)36(23(3)4,24(5)6)35-30-21-31(10,20-29(30)34)18-16-26(8)13-11-12-25(7)14-15-28(33)27(9)17-19-32/h12,16-17,21-24,28,33H,11,13-15,18-20H2,1-10H3/b25-12+,26-16+,27-17+/t28-,31-/m0/s1. The van der Waals surface area contributed by atoms with Gasteiger partial charge in [0.25, 0.3) is 8.32 Å². The molecule has 206 valence electrons. The van der Waals surface area contributed by atoms with Crippen LogP contribution in [-0.4, -0.2) is 29.7 Å². The number of carbonyl (C=O) groups excluding carboxylic acids is 1. The van der Waals surface area contributed by atoms with Crippen molar-refractivity contribution < 1.29 is 14.3 Å². The molecule has 2 atom stereocenters. The number of hydrogen-bond acceptors (Lipinski definition) is 3. The summed E-state index contributed by atoms with van der Waals surface area (Å²) in [6, 6.07) is 0. The zero-order valence-electron chi connectivity index (χ0n) is 24.7. The smallest absolute Gasteiger partial charge is 0.258 e. The van der Waals surface area contributed by atoms with Gasteiger partial charge in [-0.2, -0.15) is 0 Å². The van der Waals surface area contributed by atoms with Crippen molar-refractivity contribution in [3.63, 3.8) is 0 Å². The number of aliphatic hydroxyl groups excluding tert-OH is 1. The van der Waals surface area contributed by atoms with E-state index < -0.39 is 8.32 Å². The lowest BCUT2D eigenvalue weighted by atomic mass is 9.85. The number of alkyl halides is 1. The second-order valence-electron chi connectivity index (χ2n) is 12.2. The van der Waals surface area contributed by atoms with Gasteiger partial charge in [0, 0.05) is 16.3 Å². The van der Waals surface area contributed by atoms with E-state index in [0.29, 0.717) is 28.8 Å². The Labute approximate surface area is 237 Å². The number of ketones is 1. The molecule has 0 bridgehead atoms. The first-order chi connectivity index (χ1) is 16.7. The van der Waals surface area contributed by atoms with Gasteiger partial charge in [-0.05, 0) is 81.1 Å². The Balaban J connectivity index is 2.74. The molecule has 0 amide bonds. The van der Waals surface area contributed by atoms with E-state index in [1.807, 2.05) is 6.92 Å². The van der Waals surface area contributed by atoms with Crippen molar-refractivity contribution in [1.29, 1.82) is 0 Å². The van der Waals surface area contributed by atoms with Gasteiger partial charge in [0.2, 0.25) is 0 Å². The van der Waals surface area contributed by atoms with Crippen LogP contribution < -0.4 is 0 Å². The van der Waals surface area contributed by atoms with E-state index in [4.69, 9.17) is 4.43 Å². The molecule has 0 aliphatic heterocycles. The van der Waals surface area contributed by atoms with Gasteiger partial charge in [-0.25, -0.2) is 0 Å². The van der Waals surface area contributed by atoms with Crippen LogP contribution in [0.1, 0.15) is 108 Å². The maximum Gasteiger partial charge on any atom is 0.258 e. The van der Waals surface area contributed by atoms with E-state index in [1.165, 1.54) is 11.1 Å². The zero-order chi connectivity index (χ0) is 27.7. The fourth-order valence-corrected chi connectivity index (χ4v) is 11.6. The SMILES string of the molecule is C/C(=C\C[C@]1(C)C=C(O[Si](C(C)C)(C(C)C)C(C)C)C(=O)C1)CC/C=C(\C)CC[C@H](O)/C(C)=C/CI. The zero-order valence-corrected chi connectivity index (χ0v) is 27.9. The minimum absolute atomic E-state index is 0.163. The highest BCUT2D eigenvalue weighted by molar-refractivity contribution is 14.1. The summed E-state index contributed by atoms with van der Waals surface area (Å²) in [5, 5.41) is 10.2. The summed E-state index contributed by atoms with van der Waals surface area (Å²) in [4.78, 5) is 13.0. The second kappa shape index (κ2) is 15.1. The summed E-state index contributed by atoms with van der Waals surface area (Å²) in [5.74, 6) is 0.808. The normalized spacial score (nSPS) is 21.1. The first-order valence-corrected chi connectivity index (χ1v) is 17.5. The van der Waals surface area contributed by atoms with E-state index in [-0.39, 0.29) is 17.3 Å². The predicted molar refractivity (Wildman–Crippen MR) is 167 cm³/mol. The molecule has 0 aromatic rings. The summed E-state index contributed by atoms with van der Waals surface area (Å²) in [7, 11) is -2.13. The van der Waals surface area contributed by atoms with Gasteiger partial charge in [-0.1, -0.05) is 100 Å². The van der Waals surface area contributed by atoms with Gasteiger partial charge >= 0.3 is 0 Å². The monoisotopic (exact) mass is 628 g/mol. The maximum absolute atomic E-state index is 13.0. The van der Waals surface area contributed by atoms with E-state index in [9.17, 15) is 9.90 Å². The van der Waals surface area contributed by atoms with Crippen LogP contribution in [0, 0.1) is 5.41 Å². The fraction of sp³-hybridized carbons (Fsp3) is 0.710. The Kier molecular flexibility index (Phi) is 14.0. The number of rotatable bonds is 15. The van der Waals surface area contributed by atoms with Crippen molar-refractivity contribution in [2.24, 2.45) is 5.41 Å². The van der Waals surface area contributed by atoms with Crippen molar-refractivity contribution >= 4 is 36.7 Å². The van der Waals surface area contributed by atoms with E-state index >= 15 is 0 Å². The van der Waals surface area contributed by atoms with Crippen LogP contribution in [0.2, 0.25) is 16.6 Å². The van der Waals surface area contributed by atoms with Crippen LogP contribution in [0.4, 0.5) is 0 Å². The molecular weight excluding hydrogens is 575 g/mol. The molecule has 0 heterocycles. The molecular formula is C31H53IO3Si. The third-order valence-electron chi connectivity index (χ3n) is 8.00. The molecule has 0 unspecified atom stereocenters. The number of Topliss-reactive ketones (excluding diaryl/α,β-unsaturated/α-hetero) is 1. The molecule has 0 aromatic carbocycles. The number of halogens is 1. The van der Waals surface area contributed by atoms with Crippen molar-refractivity contribution in [2.45, 2.75) is 130 Å². The Bertz CT molecular complexity index is 828. The molecule has 0 radical (unpaired) electrons. The molecule has 1 aliphatic rings. The average Bonchev–Trinajstić information content (AvgIpc) is 3.06. The lowest BCUT2D eigenvalue weighted by Crippen LogP contribution is -2.47. The minimum Gasteiger partial charge on any atom is -0.541 e. The van der Waals surface area contributed by atoms with Gasteiger partial charge in [-0.15, -0.1) is 0 Å². The van der Waals surface area contributed by atoms with Crippen LogP contribution in [0.25, 0.3) is 0 Å². The molecule has 1 N–H and O–H groups in total. The Morgan fingerprint density at radius 1 is 1.03 bits per heavy atom. The Hall–Kier alpha value is -0.663. The van der Waals surface area contributed by atoms with Crippen LogP contribution >= 0.6 is 22.6 Å². The van der Waals surface area contributed by atoms with E-state index in [0.717, 1.165) is 42.1 Å². The fourth-order valence-electron chi connectivity index (χ4n) is 5.67. The van der Waals surface area contributed by atoms with Crippen molar-refractivity contribution in [3.8, 4) is 0 Å². The Morgan fingerprint density at radius 3 is 2.11 bits per heavy atom. The van der Waals surface area contributed by atoms with Crippen molar-refractivity contribution in [3.05, 3.63) is 46.8 Å². The highest BCUT2D eigenvalue weighted by atomic mass is 127. The summed E-state index contributed by atoms with van der Waals surface area (Å²) in [5.41, 5.74) is 4.98. The van der Waals surface area contributed by atoms with Crippen LogP contribution in [-0.2, 0) is 9.22 Å². The third-order valence-corrected chi connectivity index (χ3v) is 14.4. The minimum atomic E-state index is -2.13. The number of carbonyl (C=O) groups is 1. The lowest BCUT2D eigenvalue weighted by molar-refractivity contribution is -0.117. The predicted octanol–water partition coefficient (Wildman–Crippen LogP) is 9.63. The topological polar surface area (TPSA) is 46.5 Å². The molecule has 3 nitrogen and oxygen atoms in total. The average molecular weight is 629 g/mol. The summed E-state index contributed by atoms with van der Waals surface area (Å²) in [6.07, 6.45) is 13.7. The summed E-state index contributed by atoms with van der Waals surface area (Å²) in [6.45, 7) is 22.1. The van der Waals surface area contributed by atoms with Crippen LogP contribution in [0.3, 0.4) is 0 Å². The second-order valence-corrected chi connectivity index (χ2v) is 18.4. The van der Waals surface area contributed by atoms with E-state index in [1.54, 1.807) is 0 Å². The van der Waals surface area contributed by atoms with Crippen molar-refractivity contribution in [1.82, 2.24) is 0 Å². The van der Waals surface area contributed by atoms with Gasteiger partial charge < -0.3 is 9.53 Å². The largest absolute Gasteiger partial charge is 0.541 e. The Morgan fingerprint density at radius 2 is 1.58 bits per heavy atom. The molecule has 0 aromatic heterocycles. The van der Waals surface area contributed by atoms with Crippen LogP contribution in [0.5, 0.6) is 0 Å². The quantitative estimate of drug-likeness (QED) is 0.0850. The molecule has 0 saturated carbocycles. The molecule has 0 saturated heterocycles. The molecule has 0 spiro atoms. The third kappa shape index (κ3) is 9.58. The van der Waals surface area contributed by atoms with E-state index in [2.05, 4.69) is 109 Å². The highest BCUT2D eigenvalue weighted by Gasteiger charge is 2.49.